The number of hydrogen-bond donors (Lipinski definition) is 0. The quantitative estimate of drug-likeness (QED) is 0.397. The highest BCUT2D eigenvalue weighted by atomic mass is 32.2. The van der Waals surface area contributed by atoms with Crippen LogP contribution in [0.3, 0.4) is 0 Å². The third-order valence-electron chi connectivity index (χ3n) is 5.47. The standard InChI is InChI=1S/C25H26N2O3S/c1-3-17-26(18-4-2)31(29,30)20-15-13-19(14-16-20)25(28)27-23-11-7-5-9-21(23)22-10-6-8-12-24(22)27/h5-16H,3-4,17-18H2,1-2H3. The summed E-state index contributed by atoms with van der Waals surface area (Å²) in [5.74, 6) is -0.180. The Hall–Kier alpha value is -2.96. The fourth-order valence-electron chi connectivity index (χ4n) is 4.04. The molecule has 4 aromatic rings. The molecule has 160 valence electrons. The van der Waals surface area contributed by atoms with Gasteiger partial charge in [0.05, 0.1) is 15.9 Å². The van der Waals surface area contributed by atoms with Gasteiger partial charge in [-0.3, -0.25) is 9.36 Å². The first-order chi connectivity index (χ1) is 15.0. The highest BCUT2D eigenvalue weighted by Crippen LogP contribution is 2.29. The van der Waals surface area contributed by atoms with E-state index in [4.69, 9.17) is 0 Å². The van der Waals surface area contributed by atoms with E-state index in [9.17, 15) is 13.2 Å². The van der Waals surface area contributed by atoms with E-state index in [1.807, 2.05) is 62.4 Å². The molecule has 0 aliphatic heterocycles. The van der Waals surface area contributed by atoms with Gasteiger partial charge in [0.2, 0.25) is 10.0 Å². The van der Waals surface area contributed by atoms with Gasteiger partial charge in [0.1, 0.15) is 0 Å². The number of para-hydroxylation sites is 2. The number of sulfonamides is 1. The van der Waals surface area contributed by atoms with Crippen molar-refractivity contribution in [2.24, 2.45) is 0 Å². The minimum absolute atomic E-state index is 0.180. The van der Waals surface area contributed by atoms with Crippen molar-refractivity contribution in [3.8, 4) is 0 Å². The first-order valence-electron chi connectivity index (χ1n) is 10.6. The zero-order chi connectivity index (χ0) is 22.0. The molecule has 0 saturated heterocycles. The zero-order valence-corrected chi connectivity index (χ0v) is 18.6. The first kappa shape index (κ1) is 21.3. The average molecular weight is 435 g/mol. The average Bonchev–Trinajstić information content (AvgIpc) is 3.13. The lowest BCUT2D eigenvalue weighted by Crippen LogP contribution is -2.32. The maximum Gasteiger partial charge on any atom is 0.262 e. The number of benzene rings is 3. The van der Waals surface area contributed by atoms with Crippen molar-refractivity contribution in [3.05, 3.63) is 78.4 Å². The second-order valence-corrected chi connectivity index (χ2v) is 9.54. The minimum atomic E-state index is -3.58. The second-order valence-electron chi connectivity index (χ2n) is 7.60. The van der Waals surface area contributed by atoms with E-state index < -0.39 is 10.0 Å². The molecule has 0 amide bonds. The number of rotatable bonds is 7. The number of nitrogens with zero attached hydrogens (tertiary/aromatic N) is 2. The van der Waals surface area contributed by atoms with Crippen LogP contribution in [0.1, 0.15) is 37.0 Å². The molecular formula is C25H26N2O3S. The molecule has 4 rings (SSSR count). The largest absolute Gasteiger partial charge is 0.276 e. The maximum atomic E-state index is 13.4. The normalized spacial score (nSPS) is 12.1. The van der Waals surface area contributed by atoms with Crippen molar-refractivity contribution in [1.29, 1.82) is 0 Å². The summed E-state index contributed by atoms with van der Waals surface area (Å²) < 4.78 is 29.2. The fraction of sp³-hybridized carbons (Fsp3) is 0.240. The predicted molar refractivity (Wildman–Crippen MR) is 125 cm³/mol. The van der Waals surface area contributed by atoms with Gasteiger partial charge in [-0.25, -0.2) is 8.42 Å². The monoisotopic (exact) mass is 434 g/mol. The molecule has 1 heterocycles. The second kappa shape index (κ2) is 8.65. The Morgan fingerprint density at radius 1 is 0.774 bits per heavy atom. The molecule has 1 aromatic heterocycles. The van der Waals surface area contributed by atoms with Crippen LogP contribution in [-0.4, -0.2) is 36.3 Å². The van der Waals surface area contributed by atoms with Crippen molar-refractivity contribution in [2.75, 3.05) is 13.1 Å². The molecular weight excluding hydrogens is 408 g/mol. The molecule has 0 aliphatic rings. The SMILES string of the molecule is CCCN(CCC)S(=O)(=O)c1ccc(C(=O)n2c3ccccc3c3ccccc32)cc1. The number of hydrogen-bond acceptors (Lipinski definition) is 3. The topological polar surface area (TPSA) is 59.4 Å². The summed E-state index contributed by atoms with van der Waals surface area (Å²) in [5.41, 5.74) is 2.12. The van der Waals surface area contributed by atoms with Crippen LogP contribution in [0.2, 0.25) is 0 Å². The first-order valence-corrected chi connectivity index (χ1v) is 12.1. The van der Waals surface area contributed by atoms with Gasteiger partial charge in [0, 0.05) is 29.4 Å². The molecule has 0 atom stereocenters. The van der Waals surface area contributed by atoms with Gasteiger partial charge in [0.15, 0.2) is 0 Å². The van der Waals surface area contributed by atoms with E-state index in [0.717, 1.165) is 34.6 Å². The van der Waals surface area contributed by atoms with Gasteiger partial charge < -0.3 is 0 Å². The van der Waals surface area contributed by atoms with Crippen molar-refractivity contribution in [3.63, 3.8) is 0 Å². The molecule has 0 bridgehead atoms. The lowest BCUT2D eigenvalue weighted by molar-refractivity contribution is 0.0969. The Morgan fingerprint density at radius 2 is 1.26 bits per heavy atom. The summed E-state index contributed by atoms with van der Waals surface area (Å²) in [4.78, 5) is 13.7. The molecule has 31 heavy (non-hydrogen) atoms. The fourth-order valence-corrected chi connectivity index (χ4v) is 5.66. The Kier molecular flexibility index (Phi) is 5.94. The van der Waals surface area contributed by atoms with Crippen molar-refractivity contribution in [1.82, 2.24) is 8.87 Å². The van der Waals surface area contributed by atoms with Gasteiger partial charge in [0.25, 0.3) is 5.91 Å². The van der Waals surface area contributed by atoms with Gasteiger partial charge in [-0.05, 0) is 49.2 Å². The molecule has 6 heteroatoms. The van der Waals surface area contributed by atoms with E-state index in [0.29, 0.717) is 18.7 Å². The van der Waals surface area contributed by atoms with E-state index in [-0.39, 0.29) is 10.8 Å². The predicted octanol–water partition coefficient (Wildman–Crippen LogP) is 5.29. The highest BCUT2D eigenvalue weighted by molar-refractivity contribution is 7.89. The molecule has 0 N–H and O–H groups in total. The molecule has 3 aromatic carbocycles. The number of aromatic nitrogens is 1. The van der Waals surface area contributed by atoms with Crippen molar-refractivity contribution >= 4 is 37.7 Å². The smallest absolute Gasteiger partial charge is 0.262 e. The summed E-state index contributed by atoms with van der Waals surface area (Å²) in [6, 6.07) is 21.9. The third kappa shape index (κ3) is 3.77. The van der Waals surface area contributed by atoms with Crippen molar-refractivity contribution < 1.29 is 13.2 Å². The van der Waals surface area contributed by atoms with Crippen LogP contribution in [-0.2, 0) is 10.0 Å². The van der Waals surface area contributed by atoms with E-state index in [1.54, 1.807) is 16.7 Å². The Labute approximate surface area is 183 Å². The summed E-state index contributed by atoms with van der Waals surface area (Å²) in [7, 11) is -3.58. The molecule has 0 aliphatic carbocycles. The molecule has 0 unspecified atom stereocenters. The van der Waals surface area contributed by atoms with Crippen LogP contribution in [0.5, 0.6) is 0 Å². The van der Waals surface area contributed by atoms with Gasteiger partial charge in [-0.1, -0.05) is 50.2 Å². The summed E-state index contributed by atoms with van der Waals surface area (Å²) in [6.07, 6.45) is 1.51. The summed E-state index contributed by atoms with van der Waals surface area (Å²) >= 11 is 0. The lowest BCUT2D eigenvalue weighted by atomic mass is 10.2. The third-order valence-corrected chi connectivity index (χ3v) is 7.38. The summed E-state index contributed by atoms with van der Waals surface area (Å²) in [5, 5.41) is 2.03. The Morgan fingerprint density at radius 3 is 1.74 bits per heavy atom. The van der Waals surface area contributed by atoms with E-state index >= 15 is 0 Å². The zero-order valence-electron chi connectivity index (χ0n) is 17.8. The van der Waals surface area contributed by atoms with Gasteiger partial charge in [-0.15, -0.1) is 0 Å². The number of carbonyl (C=O) groups excluding carboxylic acids is 1. The molecule has 0 fully saturated rings. The van der Waals surface area contributed by atoms with Crippen LogP contribution >= 0.6 is 0 Å². The molecule has 0 radical (unpaired) electrons. The Balaban J connectivity index is 1.74. The number of carbonyl (C=O) groups is 1. The summed E-state index contributed by atoms with van der Waals surface area (Å²) in [6.45, 7) is 4.90. The van der Waals surface area contributed by atoms with Crippen LogP contribution in [0.15, 0.2) is 77.7 Å². The van der Waals surface area contributed by atoms with Crippen LogP contribution in [0, 0.1) is 0 Å². The van der Waals surface area contributed by atoms with E-state index in [1.165, 1.54) is 16.4 Å². The van der Waals surface area contributed by atoms with Gasteiger partial charge in [-0.2, -0.15) is 4.31 Å². The highest BCUT2D eigenvalue weighted by Gasteiger charge is 2.24. The number of fused-ring (bicyclic) bond motifs is 3. The Bertz CT molecular complexity index is 1280. The van der Waals surface area contributed by atoms with E-state index in [2.05, 4.69) is 0 Å². The minimum Gasteiger partial charge on any atom is -0.276 e. The van der Waals surface area contributed by atoms with Crippen LogP contribution < -0.4 is 0 Å². The van der Waals surface area contributed by atoms with Crippen molar-refractivity contribution in [2.45, 2.75) is 31.6 Å². The van der Waals surface area contributed by atoms with Gasteiger partial charge >= 0.3 is 0 Å². The lowest BCUT2D eigenvalue weighted by Gasteiger charge is -2.21. The molecule has 0 spiro atoms. The maximum absolute atomic E-state index is 13.4. The molecule has 5 nitrogen and oxygen atoms in total. The van der Waals surface area contributed by atoms with Crippen LogP contribution in [0.4, 0.5) is 0 Å². The molecule has 0 saturated carbocycles. The van der Waals surface area contributed by atoms with Crippen LogP contribution in [0.25, 0.3) is 21.8 Å².